The number of nitrogens with two attached hydrogens (primary N) is 2. The Balaban J connectivity index is 2.33. The third-order valence-corrected chi connectivity index (χ3v) is 2.79. The number of rotatable bonds is 3. The Labute approximate surface area is 103 Å². The van der Waals surface area contributed by atoms with Gasteiger partial charge in [-0.15, -0.1) is 0 Å². The van der Waals surface area contributed by atoms with E-state index in [4.69, 9.17) is 16.9 Å². The quantitative estimate of drug-likeness (QED) is 0.407. The van der Waals surface area contributed by atoms with Crippen LogP contribution in [0.5, 0.6) is 0 Å². The summed E-state index contributed by atoms with van der Waals surface area (Å²) in [5.74, 6) is 0.113. The van der Waals surface area contributed by atoms with Gasteiger partial charge in [0.2, 0.25) is 5.96 Å². The Morgan fingerprint density at radius 3 is 2.29 bits per heavy atom. The zero-order valence-corrected chi connectivity index (χ0v) is 10.7. The second-order valence-electron chi connectivity index (χ2n) is 4.49. The van der Waals surface area contributed by atoms with Crippen LogP contribution in [0.1, 0.15) is 0 Å². The minimum Gasteiger partial charge on any atom is -0.369 e. The van der Waals surface area contributed by atoms with Crippen molar-refractivity contribution in [3.63, 3.8) is 0 Å². The number of piperazine rings is 1. The molecule has 1 rings (SSSR count). The molecular formula is C10H23N7. The fourth-order valence-electron chi connectivity index (χ4n) is 1.74. The highest BCUT2D eigenvalue weighted by Crippen LogP contribution is 2.01. The summed E-state index contributed by atoms with van der Waals surface area (Å²) >= 11 is 0. The second kappa shape index (κ2) is 6.41. The predicted molar refractivity (Wildman–Crippen MR) is 70.1 cm³/mol. The number of nitrogens with one attached hydrogen (secondary N) is 1. The molecule has 0 saturated carbocycles. The van der Waals surface area contributed by atoms with E-state index in [1.54, 1.807) is 0 Å². The van der Waals surface area contributed by atoms with Crippen molar-refractivity contribution in [3.05, 3.63) is 0 Å². The van der Waals surface area contributed by atoms with E-state index in [-0.39, 0.29) is 5.96 Å². The van der Waals surface area contributed by atoms with Crippen molar-refractivity contribution in [3.8, 4) is 0 Å². The van der Waals surface area contributed by atoms with Gasteiger partial charge in [-0.1, -0.05) is 0 Å². The SMILES string of the molecule is CN(C)CCN1CCN(/C(N)=N/C(=N)N)CC1. The Kier molecular flexibility index (Phi) is 5.17. The number of hydrogen-bond donors (Lipinski definition) is 3. The van der Waals surface area contributed by atoms with Gasteiger partial charge in [-0.25, -0.2) is 0 Å². The standard InChI is InChI=1S/C10H23N7/c1-15(2)3-4-16-5-7-17(8-6-16)10(13)14-9(11)12/h3-8H2,1-2H3,(H5,11,12,13,14). The molecule has 0 bridgehead atoms. The summed E-state index contributed by atoms with van der Waals surface area (Å²) in [5.41, 5.74) is 10.9. The molecule has 17 heavy (non-hydrogen) atoms. The molecular weight excluding hydrogens is 218 g/mol. The van der Waals surface area contributed by atoms with E-state index in [0.717, 1.165) is 39.3 Å². The van der Waals surface area contributed by atoms with Crippen molar-refractivity contribution in [2.75, 3.05) is 53.4 Å². The fourth-order valence-corrected chi connectivity index (χ4v) is 1.74. The Bertz CT molecular complexity index is 278. The highest BCUT2D eigenvalue weighted by Gasteiger charge is 2.17. The maximum atomic E-state index is 7.06. The van der Waals surface area contributed by atoms with E-state index < -0.39 is 0 Å². The molecule has 0 atom stereocenters. The monoisotopic (exact) mass is 241 g/mol. The third-order valence-electron chi connectivity index (χ3n) is 2.79. The van der Waals surface area contributed by atoms with Crippen LogP contribution in [-0.2, 0) is 0 Å². The van der Waals surface area contributed by atoms with Crippen LogP contribution in [0.25, 0.3) is 0 Å². The molecule has 0 unspecified atom stereocenters. The molecule has 0 amide bonds. The first-order valence-corrected chi connectivity index (χ1v) is 5.79. The summed E-state index contributed by atoms with van der Waals surface area (Å²) in [4.78, 5) is 10.3. The largest absolute Gasteiger partial charge is 0.369 e. The minimum absolute atomic E-state index is 0.238. The van der Waals surface area contributed by atoms with Gasteiger partial charge in [0.15, 0.2) is 5.96 Å². The first-order valence-electron chi connectivity index (χ1n) is 5.79. The van der Waals surface area contributed by atoms with E-state index >= 15 is 0 Å². The van der Waals surface area contributed by atoms with E-state index in [1.165, 1.54) is 0 Å². The molecule has 0 aromatic heterocycles. The maximum absolute atomic E-state index is 7.06. The molecule has 98 valence electrons. The smallest absolute Gasteiger partial charge is 0.215 e. The van der Waals surface area contributed by atoms with Gasteiger partial charge in [0, 0.05) is 39.3 Å². The molecule has 1 fully saturated rings. The summed E-state index contributed by atoms with van der Waals surface area (Å²) in [5, 5.41) is 7.06. The fraction of sp³-hybridized carbons (Fsp3) is 0.800. The summed E-state index contributed by atoms with van der Waals surface area (Å²) in [6.07, 6.45) is 0. The molecule has 0 aliphatic carbocycles. The number of likely N-dealkylation sites (N-methyl/N-ethyl adjacent to an activating group) is 1. The van der Waals surface area contributed by atoms with E-state index in [1.807, 2.05) is 4.90 Å². The van der Waals surface area contributed by atoms with Crippen molar-refractivity contribution >= 4 is 11.9 Å². The van der Waals surface area contributed by atoms with Crippen LogP contribution in [-0.4, -0.2) is 80.0 Å². The van der Waals surface area contributed by atoms with Crippen LogP contribution in [0.4, 0.5) is 0 Å². The summed E-state index contributed by atoms with van der Waals surface area (Å²) in [6.45, 7) is 5.78. The molecule has 7 nitrogen and oxygen atoms in total. The van der Waals surface area contributed by atoms with Crippen LogP contribution in [0.2, 0.25) is 0 Å². The molecule has 7 heteroatoms. The van der Waals surface area contributed by atoms with Crippen LogP contribution in [0.3, 0.4) is 0 Å². The number of aliphatic imine (C=N–C) groups is 1. The van der Waals surface area contributed by atoms with Crippen molar-refractivity contribution < 1.29 is 0 Å². The van der Waals surface area contributed by atoms with Gasteiger partial charge in [-0.3, -0.25) is 10.3 Å². The zero-order valence-electron chi connectivity index (χ0n) is 10.7. The van der Waals surface area contributed by atoms with Gasteiger partial charge in [0.1, 0.15) is 0 Å². The molecule has 1 aliphatic rings. The molecule has 0 aromatic rings. The summed E-state index contributed by atoms with van der Waals surface area (Å²) < 4.78 is 0. The van der Waals surface area contributed by atoms with Gasteiger partial charge in [0.05, 0.1) is 0 Å². The Morgan fingerprint density at radius 2 is 1.82 bits per heavy atom. The predicted octanol–water partition coefficient (Wildman–Crippen LogP) is -1.63. The number of nitrogens with zero attached hydrogens (tertiary/aromatic N) is 4. The summed E-state index contributed by atoms with van der Waals surface area (Å²) in [6, 6.07) is 0. The molecule has 1 aliphatic heterocycles. The van der Waals surface area contributed by atoms with Crippen LogP contribution < -0.4 is 11.5 Å². The van der Waals surface area contributed by atoms with E-state index in [0.29, 0.717) is 5.96 Å². The lowest BCUT2D eigenvalue weighted by Crippen LogP contribution is -2.52. The van der Waals surface area contributed by atoms with E-state index in [9.17, 15) is 0 Å². The van der Waals surface area contributed by atoms with Gasteiger partial charge in [-0.2, -0.15) is 4.99 Å². The lowest BCUT2D eigenvalue weighted by molar-refractivity contribution is 0.168. The van der Waals surface area contributed by atoms with Crippen LogP contribution >= 0.6 is 0 Å². The molecule has 0 spiro atoms. The first kappa shape index (κ1) is 13.7. The number of hydrogen-bond acceptors (Lipinski definition) is 3. The van der Waals surface area contributed by atoms with Crippen molar-refractivity contribution in [1.82, 2.24) is 14.7 Å². The average Bonchev–Trinajstić information content (AvgIpc) is 2.26. The first-order chi connectivity index (χ1) is 7.99. The topological polar surface area (TPSA) is 98.0 Å². The molecule has 0 radical (unpaired) electrons. The lowest BCUT2D eigenvalue weighted by atomic mass is 10.3. The molecule has 5 N–H and O–H groups in total. The zero-order chi connectivity index (χ0) is 12.8. The lowest BCUT2D eigenvalue weighted by Gasteiger charge is -2.35. The third kappa shape index (κ3) is 5.01. The highest BCUT2D eigenvalue weighted by atomic mass is 15.3. The van der Waals surface area contributed by atoms with Crippen LogP contribution in [0, 0.1) is 5.41 Å². The second-order valence-corrected chi connectivity index (χ2v) is 4.49. The average molecular weight is 241 g/mol. The van der Waals surface area contributed by atoms with Gasteiger partial charge >= 0.3 is 0 Å². The van der Waals surface area contributed by atoms with Gasteiger partial charge in [0.25, 0.3) is 0 Å². The Morgan fingerprint density at radius 1 is 1.24 bits per heavy atom. The highest BCUT2D eigenvalue weighted by molar-refractivity contribution is 5.91. The molecule has 0 aromatic carbocycles. The Hall–Kier alpha value is -1.34. The summed E-state index contributed by atoms with van der Waals surface area (Å²) in [7, 11) is 4.15. The number of guanidine groups is 2. The molecule has 1 heterocycles. The van der Waals surface area contributed by atoms with Crippen molar-refractivity contribution in [1.29, 1.82) is 5.41 Å². The maximum Gasteiger partial charge on any atom is 0.215 e. The van der Waals surface area contributed by atoms with E-state index in [2.05, 4.69) is 28.9 Å². The van der Waals surface area contributed by atoms with Crippen LogP contribution in [0.15, 0.2) is 4.99 Å². The minimum atomic E-state index is -0.238. The van der Waals surface area contributed by atoms with Gasteiger partial charge < -0.3 is 21.3 Å². The normalized spacial score (nSPS) is 18.8. The van der Waals surface area contributed by atoms with Crippen molar-refractivity contribution in [2.45, 2.75) is 0 Å². The molecule has 1 saturated heterocycles. The van der Waals surface area contributed by atoms with Gasteiger partial charge in [-0.05, 0) is 14.1 Å². The van der Waals surface area contributed by atoms with Crippen molar-refractivity contribution in [2.24, 2.45) is 16.5 Å².